The lowest BCUT2D eigenvalue weighted by molar-refractivity contribution is 0.353. The average molecular weight is 395 g/mol. The van der Waals surface area contributed by atoms with E-state index in [-0.39, 0.29) is 0 Å². The van der Waals surface area contributed by atoms with Gasteiger partial charge in [-0.3, -0.25) is 0 Å². The van der Waals surface area contributed by atoms with Crippen LogP contribution in [0.25, 0.3) is 0 Å². The molecule has 2 aromatic rings. The fourth-order valence-corrected chi connectivity index (χ4v) is 4.14. The molecule has 0 amide bonds. The van der Waals surface area contributed by atoms with Gasteiger partial charge < -0.3 is 19.7 Å². The maximum atomic E-state index is 5.47. The van der Waals surface area contributed by atoms with Crippen molar-refractivity contribution in [1.29, 1.82) is 0 Å². The van der Waals surface area contributed by atoms with Gasteiger partial charge in [0.05, 0.1) is 14.2 Å². The molecule has 1 N–H and O–H groups in total. The minimum Gasteiger partial charge on any atom is -0.493 e. The van der Waals surface area contributed by atoms with Crippen molar-refractivity contribution < 1.29 is 9.47 Å². The van der Waals surface area contributed by atoms with E-state index in [1.165, 1.54) is 36.8 Å². The van der Waals surface area contributed by atoms with Crippen LogP contribution >= 0.6 is 0 Å². The van der Waals surface area contributed by atoms with E-state index in [1.54, 1.807) is 19.8 Å². The Morgan fingerprint density at radius 3 is 2.66 bits per heavy atom. The monoisotopic (exact) mass is 394 g/mol. The number of hydrogen-bond donors (Lipinski definition) is 1. The number of benzene rings is 1. The Morgan fingerprint density at radius 1 is 1.07 bits per heavy atom. The van der Waals surface area contributed by atoms with Gasteiger partial charge in [-0.25, -0.2) is 4.98 Å². The van der Waals surface area contributed by atoms with Gasteiger partial charge in [0.15, 0.2) is 11.5 Å². The third-order valence-electron chi connectivity index (χ3n) is 5.78. The SMILES string of the molecule is COc1cc2c(cc1OC)CN(c1nccc(NCCC3=CCCCC3)n1)CC2. The molecule has 0 spiro atoms. The van der Waals surface area contributed by atoms with Gasteiger partial charge in [-0.2, -0.15) is 4.98 Å². The minimum absolute atomic E-state index is 0.765. The number of methoxy groups -OCH3 is 2. The Labute approximate surface area is 173 Å². The number of allylic oxidation sites excluding steroid dienone is 1. The summed E-state index contributed by atoms with van der Waals surface area (Å²) < 4.78 is 10.9. The van der Waals surface area contributed by atoms with Crippen molar-refractivity contribution in [3.05, 3.63) is 47.2 Å². The first-order valence-corrected chi connectivity index (χ1v) is 10.5. The third kappa shape index (κ3) is 4.63. The van der Waals surface area contributed by atoms with E-state index in [1.807, 2.05) is 12.3 Å². The molecule has 6 nitrogen and oxygen atoms in total. The molecule has 29 heavy (non-hydrogen) atoms. The van der Waals surface area contributed by atoms with Crippen molar-refractivity contribution in [2.75, 3.05) is 37.5 Å². The van der Waals surface area contributed by atoms with Crippen LogP contribution in [0.1, 0.15) is 43.2 Å². The summed E-state index contributed by atoms with van der Waals surface area (Å²) in [7, 11) is 3.35. The summed E-state index contributed by atoms with van der Waals surface area (Å²) in [5.74, 6) is 3.22. The van der Waals surface area contributed by atoms with Gasteiger partial charge in [0.2, 0.25) is 5.95 Å². The van der Waals surface area contributed by atoms with Gasteiger partial charge >= 0.3 is 0 Å². The second kappa shape index (κ2) is 9.16. The van der Waals surface area contributed by atoms with Crippen molar-refractivity contribution in [1.82, 2.24) is 9.97 Å². The second-order valence-corrected chi connectivity index (χ2v) is 7.67. The maximum absolute atomic E-state index is 5.47. The lowest BCUT2D eigenvalue weighted by Gasteiger charge is -2.29. The Bertz CT molecular complexity index is 881. The summed E-state index contributed by atoms with van der Waals surface area (Å²) >= 11 is 0. The molecule has 2 heterocycles. The summed E-state index contributed by atoms with van der Waals surface area (Å²) in [5.41, 5.74) is 4.11. The van der Waals surface area contributed by atoms with Crippen LogP contribution in [0.2, 0.25) is 0 Å². The highest BCUT2D eigenvalue weighted by atomic mass is 16.5. The number of anilines is 2. The van der Waals surface area contributed by atoms with E-state index >= 15 is 0 Å². The normalized spacial score (nSPS) is 16.1. The van der Waals surface area contributed by atoms with Gasteiger partial charge in [-0.1, -0.05) is 11.6 Å². The topological polar surface area (TPSA) is 59.5 Å². The first kappa shape index (κ1) is 19.6. The molecule has 0 radical (unpaired) electrons. The molecule has 6 heteroatoms. The van der Waals surface area contributed by atoms with Crippen molar-refractivity contribution in [3.63, 3.8) is 0 Å². The molecule has 1 aliphatic heterocycles. The standard InChI is InChI=1S/C23H30N4O2/c1-28-20-14-18-10-13-27(16-19(18)15-21(20)29-2)23-25-12-9-22(26-23)24-11-8-17-6-4-3-5-7-17/h6,9,12,14-15H,3-5,7-8,10-11,13,16H2,1-2H3,(H,24,25,26). The first-order chi connectivity index (χ1) is 14.3. The zero-order chi connectivity index (χ0) is 20.1. The van der Waals surface area contributed by atoms with Gasteiger partial charge in [-0.05, 0) is 67.9 Å². The quantitative estimate of drug-likeness (QED) is 0.704. The first-order valence-electron chi connectivity index (χ1n) is 10.5. The van der Waals surface area contributed by atoms with Crippen LogP contribution in [-0.4, -0.2) is 37.3 Å². The number of fused-ring (bicyclic) bond motifs is 1. The van der Waals surface area contributed by atoms with Gasteiger partial charge in [0.1, 0.15) is 5.82 Å². The van der Waals surface area contributed by atoms with Crippen molar-refractivity contribution in [3.8, 4) is 11.5 Å². The van der Waals surface area contributed by atoms with Crippen LogP contribution in [-0.2, 0) is 13.0 Å². The molecular weight excluding hydrogens is 364 g/mol. The molecule has 4 rings (SSSR count). The zero-order valence-electron chi connectivity index (χ0n) is 17.4. The van der Waals surface area contributed by atoms with E-state index in [4.69, 9.17) is 14.5 Å². The Kier molecular flexibility index (Phi) is 6.17. The summed E-state index contributed by atoms with van der Waals surface area (Å²) in [5, 5.41) is 3.47. The molecular formula is C23H30N4O2. The highest BCUT2D eigenvalue weighted by Crippen LogP contribution is 2.34. The molecule has 1 aliphatic carbocycles. The number of nitrogens with one attached hydrogen (secondary N) is 1. The molecule has 0 unspecified atom stereocenters. The van der Waals surface area contributed by atoms with Crippen LogP contribution in [0.4, 0.5) is 11.8 Å². The molecule has 2 aliphatic rings. The number of hydrogen-bond acceptors (Lipinski definition) is 6. The Balaban J connectivity index is 1.41. The second-order valence-electron chi connectivity index (χ2n) is 7.67. The zero-order valence-corrected chi connectivity index (χ0v) is 17.4. The average Bonchev–Trinajstić information content (AvgIpc) is 2.78. The van der Waals surface area contributed by atoms with Gasteiger partial charge in [-0.15, -0.1) is 0 Å². The van der Waals surface area contributed by atoms with E-state index in [0.717, 1.165) is 55.7 Å². The molecule has 0 fully saturated rings. The van der Waals surface area contributed by atoms with E-state index < -0.39 is 0 Å². The maximum Gasteiger partial charge on any atom is 0.227 e. The van der Waals surface area contributed by atoms with Crippen LogP contribution < -0.4 is 19.7 Å². The van der Waals surface area contributed by atoms with Crippen LogP contribution in [0.3, 0.4) is 0 Å². The van der Waals surface area contributed by atoms with Crippen molar-refractivity contribution >= 4 is 11.8 Å². The van der Waals surface area contributed by atoms with E-state index in [0.29, 0.717) is 0 Å². The number of nitrogens with zero attached hydrogens (tertiary/aromatic N) is 3. The van der Waals surface area contributed by atoms with Crippen LogP contribution in [0, 0.1) is 0 Å². The minimum atomic E-state index is 0.765. The van der Waals surface area contributed by atoms with Crippen molar-refractivity contribution in [2.24, 2.45) is 0 Å². The highest BCUT2D eigenvalue weighted by Gasteiger charge is 2.21. The van der Waals surface area contributed by atoms with E-state index in [9.17, 15) is 0 Å². The predicted molar refractivity (Wildman–Crippen MR) is 116 cm³/mol. The highest BCUT2D eigenvalue weighted by molar-refractivity contribution is 5.51. The van der Waals surface area contributed by atoms with Gasteiger partial charge in [0, 0.05) is 25.8 Å². The lowest BCUT2D eigenvalue weighted by atomic mass is 9.97. The molecule has 1 aromatic carbocycles. The molecule has 0 saturated heterocycles. The Morgan fingerprint density at radius 2 is 1.90 bits per heavy atom. The fraction of sp³-hybridized carbons (Fsp3) is 0.478. The van der Waals surface area contributed by atoms with E-state index in [2.05, 4.69) is 33.4 Å². The predicted octanol–water partition coefficient (Wildman–Crippen LogP) is 4.36. The number of ether oxygens (including phenoxy) is 2. The largest absolute Gasteiger partial charge is 0.493 e. The Hall–Kier alpha value is -2.76. The molecule has 154 valence electrons. The third-order valence-corrected chi connectivity index (χ3v) is 5.78. The summed E-state index contributed by atoms with van der Waals surface area (Å²) in [6.07, 6.45) is 11.4. The summed E-state index contributed by atoms with van der Waals surface area (Å²) in [6.45, 7) is 2.58. The van der Waals surface area contributed by atoms with Gasteiger partial charge in [0.25, 0.3) is 0 Å². The lowest BCUT2D eigenvalue weighted by Crippen LogP contribution is -2.32. The summed E-state index contributed by atoms with van der Waals surface area (Å²) in [6, 6.07) is 6.11. The van der Waals surface area contributed by atoms with Crippen LogP contribution in [0.5, 0.6) is 11.5 Å². The molecule has 0 atom stereocenters. The summed E-state index contributed by atoms with van der Waals surface area (Å²) in [4.78, 5) is 11.5. The molecule has 0 bridgehead atoms. The fourth-order valence-electron chi connectivity index (χ4n) is 4.14. The van der Waals surface area contributed by atoms with Crippen molar-refractivity contribution in [2.45, 2.75) is 45.1 Å². The molecule has 0 saturated carbocycles. The number of aromatic nitrogens is 2. The smallest absolute Gasteiger partial charge is 0.227 e. The van der Waals surface area contributed by atoms with Crippen LogP contribution in [0.15, 0.2) is 36.0 Å². The molecule has 1 aromatic heterocycles. The number of rotatable bonds is 7.